The SMILES string of the molecule is Cc1ccc(NC(=O)c2ccc(CN)cn2)c(F)c1. The van der Waals surface area contributed by atoms with Gasteiger partial charge in [0.25, 0.3) is 5.91 Å². The van der Waals surface area contributed by atoms with Gasteiger partial charge in [-0.3, -0.25) is 9.78 Å². The molecule has 0 spiro atoms. The molecule has 4 nitrogen and oxygen atoms in total. The highest BCUT2D eigenvalue weighted by molar-refractivity contribution is 6.02. The van der Waals surface area contributed by atoms with Crippen molar-refractivity contribution >= 4 is 11.6 Å². The number of hydrogen-bond acceptors (Lipinski definition) is 3. The molecular formula is C14H14FN3O. The molecule has 1 heterocycles. The van der Waals surface area contributed by atoms with Crippen LogP contribution in [0.15, 0.2) is 36.5 Å². The van der Waals surface area contributed by atoms with E-state index in [4.69, 9.17) is 5.73 Å². The van der Waals surface area contributed by atoms with E-state index in [1.165, 1.54) is 18.3 Å². The van der Waals surface area contributed by atoms with Crippen molar-refractivity contribution in [3.63, 3.8) is 0 Å². The van der Waals surface area contributed by atoms with Crippen LogP contribution in [-0.4, -0.2) is 10.9 Å². The van der Waals surface area contributed by atoms with Crippen LogP contribution in [0.5, 0.6) is 0 Å². The Kier molecular flexibility index (Phi) is 3.87. The van der Waals surface area contributed by atoms with Crippen molar-refractivity contribution in [3.8, 4) is 0 Å². The first-order valence-corrected chi connectivity index (χ1v) is 5.82. The minimum atomic E-state index is -0.466. The molecule has 0 unspecified atom stereocenters. The molecule has 2 aromatic rings. The van der Waals surface area contributed by atoms with E-state index in [1.54, 1.807) is 25.1 Å². The third-order valence-corrected chi connectivity index (χ3v) is 2.67. The number of carbonyl (C=O) groups is 1. The number of amides is 1. The van der Waals surface area contributed by atoms with E-state index < -0.39 is 11.7 Å². The summed E-state index contributed by atoms with van der Waals surface area (Å²) in [6.07, 6.45) is 1.53. The first kappa shape index (κ1) is 13.2. The van der Waals surface area contributed by atoms with Gasteiger partial charge in [-0.2, -0.15) is 0 Å². The van der Waals surface area contributed by atoms with Crippen LogP contribution in [0, 0.1) is 12.7 Å². The normalized spacial score (nSPS) is 10.3. The van der Waals surface area contributed by atoms with Crippen LogP contribution in [0.2, 0.25) is 0 Å². The molecule has 0 atom stereocenters. The van der Waals surface area contributed by atoms with Crippen molar-refractivity contribution in [1.29, 1.82) is 0 Å². The van der Waals surface area contributed by atoms with Crippen molar-refractivity contribution in [3.05, 3.63) is 59.2 Å². The number of nitrogens with zero attached hydrogens (tertiary/aromatic N) is 1. The lowest BCUT2D eigenvalue weighted by atomic mass is 10.2. The summed E-state index contributed by atoms with van der Waals surface area (Å²) < 4.78 is 13.6. The summed E-state index contributed by atoms with van der Waals surface area (Å²) in [4.78, 5) is 15.9. The number of hydrogen-bond donors (Lipinski definition) is 2. The third kappa shape index (κ3) is 3.14. The second-order valence-electron chi connectivity index (χ2n) is 4.19. The van der Waals surface area contributed by atoms with Crippen LogP contribution in [0.1, 0.15) is 21.6 Å². The summed E-state index contributed by atoms with van der Waals surface area (Å²) in [5.74, 6) is -0.918. The number of halogens is 1. The summed E-state index contributed by atoms with van der Waals surface area (Å²) in [6.45, 7) is 2.14. The van der Waals surface area contributed by atoms with Gasteiger partial charge in [-0.05, 0) is 36.2 Å². The van der Waals surface area contributed by atoms with Crippen LogP contribution in [0.3, 0.4) is 0 Å². The van der Waals surface area contributed by atoms with E-state index in [0.717, 1.165) is 11.1 Å². The van der Waals surface area contributed by atoms with Gasteiger partial charge in [0.05, 0.1) is 5.69 Å². The second-order valence-corrected chi connectivity index (χ2v) is 4.19. The molecular weight excluding hydrogens is 245 g/mol. The molecule has 0 aliphatic heterocycles. The Bertz CT molecular complexity index is 596. The van der Waals surface area contributed by atoms with Gasteiger partial charge in [-0.25, -0.2) is 4.39 Å². The van der Waals surface area contributed by atoms with E-state index >= 15 is 0 Å². The van der Waals surface area contributed by atoms with Crippen molar-refractivity contribution < 1.29 is 9.18 Å². The summed E-state index contributed by atoms with van der Waals surface area (Å²) in [5.41, 5.74) is 7.43. The maximum atomic E-state index is 13.6. The number of aryl methyl sites for hydroxylation is 1. The van der Waals surface area contributed by atoms with E-state index in [2.05, 4.69) is 10.3 Å². The molecule has 1 amide bonds. The topological polar surface area (TPSA) is 68.0 Å². The molecule has 0 saturated carbocycles. The van der Waals surface area contributed by atoms with E-state index in [-0.39, 0.29) is 11.4 Å². The van der Waals surface area contributed by atoms with Crippen LogP contribution in [0.4, 0.5) is 10.1 Å². The molecule has 0 bridgehead atoms. The summed E-state index contributed by atoms with van der Waals surface area (Å²) in [7, 11) is 0. The van der Waals surface area contributed by atoms with E-state index in [1.807, 2.05) is 0 Å². The van der Waals surface area contributed by atoms with Gasteiger partial charge in [-0.15, -0.1) is 0 Å². The molecule has 0 radical (unpaired) electrons. The lowest BCUT2D eigenvalue weighted by Gasteiger charge is -2.07. The molecule has 0 saturated heterocycles. The molecule has 5 heteroatoms. The largest absolute Gasteiger partial charge is 0.326 e. The summed E-state index contributed by atoms with van der Waals surface area (Å²) in [6, 6.07) is 7.89. The Morgan fingerprint density at radius 1 is 1.37 bits per heavy atom. The average Bonchev–Trinajstić information content (AvgIpc) is 2.42. The highest BCUT2D eigenvalue weighted by Gasteiger charge is 2.10. The molecule has 3 N–H and O–H groups in total. The average molecular weight is 259 g/mol. The molecule has 19 heavy (non-hydrogen) atoms. The fourth-order valence-corrected chi connectivity index (χ4v) is 1.59. The number of anilines is 1. The quantitative estimate of drug-likeness (QED) is 0.888. The first-order chi connectivity index (χ1) is 9.10. The third-order valence-electron chi connectivity index (χ3n) is 2.67. The number of benzene rings is 1. The van der Waals surface area contributed by atoms with Gasteiger partial charge in [0.15, 0.2) is 0 Å². The fourth-order valence-electron chi connectivity index (χ4n) is 1.59. The fraction of sp³-hybridized carbons (Fsp3) is 0.143. The predicted molar refractivity (Wildman–Crippen MR) is 71.2 cm³/mol. The number of carbonyl (C=O) groups excluding carboxylic acids is 1. The van der Waals surface area contributed by atoms with Crippen molar-refractivity contribution in [1.82, 2.24) is 4.98 Å². The zero-order chi connectivity index (χ0) is 13.8. The molecule has 1 aromatic carbocycles. The first-order valence-electron chi connectivity index (χ1n) is 5.82. The Balaban J connectivity index is 2.15. The molecule has 2 rings (SSSR count). The van der Waals surface area contributed by atoms with Crippen LogP contribution in [-0.2, 0) is 6.54 Å². The van der Waals surface area contributed by atoms with Crippen molar-refractivity contribution in [2.45, 2.75) is 13.5 Å². The van der Waals surface area contributed by atoms with Crippen LogP contribution < -0.4 is 11.1 Å². The number of nitrogens with two attached hydrogens (primary N) is 1. The van der Waals surface area contributed by atoms with E-state index in [9.17, 15) is 9.18 Å². The molecule has 0 aliphatic rings. The minimum absolute atomic E-state index is 0.139. The Morgan fingerprint density at radius 3 is 2.74 bits per heavy atom. The highest BCUT2D eigenvalue weighted by atomic mass is 19.1. The summed E-state index contributed by atoms with van der Waals surface area (Å²) >= 11 is 0. The molecule has 1 aromatic heterocycles. The molecule has 0 aliphatic carbocycles. The van der Waals surface area contributed by atoms with Gasteiger partial charge in [0.1, 0.15) is 11.5 Å². The maximum absolute atomic E-state index is 13.6. The second kappa shape index (κ2) is 5.58. The number of aromatic nitrogens is 1. The molecule has 98 valence electrons. The zero-order valence-corrected chi connectivity index (χ0v) is 10.5. The highest BCUT2D eigenvalue weighted by Crippen LogP contribution is 2.16. The zero-order valence-electron chi connectivity index (χ0n) is 10.5. The lowest BCUT2D eigenvalue weighted by molar-refractivity contribution is 0.102. The Hall–Kier alpha value is -2.27. The minimum Gasteiger partial charge on any atom is -0.326 e. The smallest absolute Gasteiger partial charge is 0.274 e. The molecule has 0 fully saturated rings. The number of nitrogens with one attached hydrogen (secondary N) is 1. The Labute approximate surface area is 110 Å². The van der Waals surface area contributed by atoms with Gasteiger partial charge >= 0.3 is 0 Å². The predicted octanol–water partition coefficient (Wildman–Crippen LogP) is 2.24. The van der Waals surface area contributed by atoms with Gasteiger partial charge < -0.3 is 11.1 Å². The van der Waals surface area contributed by atoms with Crippen LogP contribution in [0.25, 0.3) is 0 Å². The van der Waals surface area contributed by atoms with Gasteiger partial charge in [-0.1, -0.05) is 12.1 Å². The lowest BCUT2D eigenvalue weighted by Crippen LogP contribution is -2.15. The Morgan fingerprint density at radius 2 is 2.16 bits per heavy atom. The number of pyridine rings is 1. The van der Waals surface area contributed by atoms with Gasteiger partial charge in [0, 0.05) is 12.7 Å². The summed E-state index contributed by atoms with van der Waals surface area (Å²) in [5, 5.41) is 2.48. The standard InChI is InChI=1S/C14H14FN3O/c1-9-2-4-12(11(15)6-9)18-14(19)13-5-3-10(7-16)8-17-13/h2-6,8H,7,16H2,1H3,(H,18,19). The maximum Gasteiger partial charge on any atom is 0.274 e. The monoisotopic (exact) mass is 259 g/mol. The van der Waals surface area contributed by atoms with Gasteiger partial charge in [0.2, 0.25) is 0 Å². The van der Waals surface area contributed by atoms with Crippen molar-refractivity contribution in [2.75, 3.05) is 5.32 Å². The number of rotatable bonds is 3. The van der Waals surface area contributed by atoms with E-state index in [0.29, 0.717) is 6.54 Å². The van der Waals surface area contributed by atoms with Crippen LogP contribution >= 0.6 is 0 Å². The van der Waals surface area contributed by atoms with Crippen molar-refractivity contribution in [2.24, 2.45) is 5.73 Å².